The van der Waals surface area contributed by atoms with Gasteiger partial charge < -0.3 is 15.2 Å². The minimum atomic E-state index is -1.03. The minimum Gasteiger partial charge on any atom is -0.480 e. The molecule has 0 spiro atoms. The highest BCUT2D eigenvalue weighted by Gasteiger charge is 2.32. The van der Waals surface area contributed by atoms with E-state index in [1.165, 1.54) is 6.20 Å². The molecule has 2 unspecified atom stereocenters. The van der Waals surface area contributed by atoms with Gasteiger partial charge in [0.25, 0.3) is 5.91 Å². The molecule has 1 fully saturated rings. The lowest BCUT2D eigenvalue weighted by Crippen LogP contribution is -2.48. The molecule has 0 radical (unpaired) electrons. The maximum absolute atomic E-state index is 12.2. The fourth-order valence-corrected chi connectivity index (χ4v) is 2.35. The molecule has 0 aromatic carbocycles. The summed E-state index contributed by atoms with van der Waals surface area (Å²) in [6.45, 7) is 2.78. The van der Waals surface area contributed by atoms with Crippen molar-refractivity contribution < 1.29 is 19.4 Å². The van der Waals surface area contributed by atoms with Crippen molar-refractivity contribution in [1.29, 1.82) is 0 Å². The SMILES string of the molecule is Cc1c(C(=O)NC(C(=O)O)C2CCCOC2)cnn1C. The molecule has 1 amide bonds. The summed E-state index contributed by atoms with van der Waals surface area (Å²) in [5.74, 6) is -1.63. The number of aromatic nitrogens is 2. The van der Waals surface area contributed by atoms with Crippen LogP contribution in [0.3, 0.4) is 0 Å². The first-order valence-corrected chi connectivity index (χ1v) is 6.60. The lowest BCUT2D eigenvalue weighted by molar-refractivity contribution is -0.142. The Morgan fingerprint density at radius 1 is 1.60 bits per heavy atom. The smallest absolute Gasteiger partial charge is 0.326 e. The minimum absolute atomic E-state index is 0.192. The van der Waals surface area contributed by atoms with E-state index in [0.717, 1.165) is 12.8 Å². The maximum atomic E-state index is 12.2. The van der Waals surface area contributed by atoms with Crippen molar-refractivity contribution in [2.45, 2.75) is 25.8 Å². The quantitative estimate of drug-likeness (QED) is 0.830. The van der Waals surface area contributed by atoms with Crippen molar-refractivity contribution in [3.63, 3.8) is 0 Å². The van der Waals surface area contributed by atoms with Crippen molar-refractivity contribution in [3.05, 3.63) is 17.5 Å². The summed E-state index contributed by atoms with van der Waals surface area (Å²) >= 11 is 0. The summed E-state index contributed by atoms with van der Waals surface area (Å²) in [6.07, 6.45) is 3.00. The van der Waals surface area contributed by atoms with Gasteiger partial charge in [0.15, 0.2) is 0 Å². The number of carbonyl (C=O) groups excluding carboxylic acids is 1. The zero-order chi connectivity index (χ0) is 14.7. The van der Waals surface area contributed by atoms with Gasteiger partial charge in [-0.3, -0.25) is 9.48 Å². The Kier molecular flexibility index (Phi) is 4.39. The molecular formula is C13H19N3O4. The number of aliphatic carboxylic acids is 1. The van der Waals surface area contributed by atoms with Gasteiger partial charge in [-0.2, -0.15) is 5.10 Å². The maximum Gasteiger partial charge on any atom is 0.326 e. The number of hydrogen-bond donors (Lipinski definition) is 2. The second-order valence-electron chi connectivity index (χ2n) is 5.03. The molecule has 2 atom stereocenters. The number of amides is 1. The van der Waals surface area contributed by atoms with E-state index >= 15 is 0 Å². The molecule has 110 valence electrons. The zero-order valence-electron chi connectivity index (χ0n) is 11.6. The molecule has 2 rings (SSSR count). The summed E-state index contributed by atoms with van der Waals surface area (Å²) in [7, 11) is 1.73. The number of nitrogens with one attached hydrogen (secondary N) is 1. The van der Waals surface area contributed by atoms with E-state index in [2.05, 4.69) is 10.4 Å². The van der Waals surface area contributed by atoms with E-state index in [0.29, 0.717) is 24.5 Å². The van der Waals surface area contributed by atoms with Gasteiger partial charge in [0.2, 0.25) is 0 Å². The van der Waals surface area contributed by atoms with Crippen LogP contribution in [0, 0.1) is 12.8 Å². The van der Waals surface area contributed by atoms with Gasteiger partial charge in [0.1, 0.15) is 6.04 Å². The Morgan fingerprint density at radius 2 is 2.35 bits per heavy atom. The first kappa shape index (κ1) is 14.5. The van der Waals surface area contributed by atoms with Crippen molar-refractivity contribution >= 4 is 11.9 Å². The van der Waals surface area contributed by atoms with Crippen LogP contribution < -0.4 is 5.32 Å². The molecule has 0 aliphatic carbocycles. The number of carboxylic acids is 1. The normalized spacial score (nSPS) is 20.4. The van der Waals surface area contributed by atoms with E-state index in [1.54, 1.807) is 18.7 Å². The van der Waals surface area contributed by atoms with Crippen molar-refractivity contribution in [1.82, 2.24) is 15.1 Å². The highest BCUT2D eigenvalue weighted by molar-refractivity contribution is 5.97. The highest BCUT2D eigenvalue weighted by Crippen LogP contribution is 2.18. The molecule has 20 heavy (non-hydrogen) atoms. The fourth-order valence-electron chi connectivity index (χ4n) is 2.35. The van der Waals surface area contributed by atoms with E-state index in [1.807, 2.05) is 0 Å². The summed E-state index contributed by atoms with van der Waals surface area (Å²) in [4.78, 5) is 23.5. The summed E-state index contributed by atoms with van der Waals surface area (Å²) in [6, 6.07) is -0.928. The van der Waals surface area contributed by atoms with E-state index < -0.39 is 17.9 Å². The zero-order valence-corrected chi connectivity index (χ0v) is 11.6. The van der Waals surface area contributed by atoms with Crippen LogP contribution in [0.4, 0.5) is 0 Å². The second-order valence-corrected chi connectivity index (χ2v) is 5.03. The van der Waals surface area contributed by atoms with Gasteiger partial charge >= 0.3 is 5.97 Å². The molecule has 1 aliphatic rings. The first-order chi connectivity index (χ1) is 9.50. The van der Waals surface area contributed by atoms with Gasteiger partial charge in [-0.1, -0.05) is 0 Å². The van der Waals surface area contributed by atoms with Gasteiger partial charge in [-0.05, 0) is 19.8 Å². The van der Waals surface area contributed by atoms with Gasteiger partial charge in [-0.15, -0.1) is 0 Å². The predicted molar refractivity (Wildman–Crippen MR) is 70.4 cm³/mol. The van der Waals surface area contributed by atoms with Crippen LogP contribution >= 0.6 is 0 Å². The van der Waals surface area contributed by atoms with Crippen LogP contribution in [0.25, 0.3) is 0 Å². The van der Waals surface area contributed by atoms with E-state index in [9.17, 15) is 14.7 Å². The molecule has 7 nitrogen and oxygen atoms in total. The number of ether oxygens (including phenoxy) is 1. The Labute approximate surface area is 116 Å². The first-order valence-electron chi connectivity index (χ1n) is 6.60. The monoisotopic (exact) mass is 281 g/mol. The van der Waals surface area contributed by atoms with E-state index in [-0.39, 0.29) is 5.92 Å². The molecule has 1 aromatic heterocycles. The third kappa shape index (κ3) is 2.98. The van der Waals surface area contributed by atoms with Crippen molar-refractivity contribution in [2.75, 3.05) is 13.2 Å². The van der Waals surface area contributed by atoms with Crippen LogP contribution in [0.15, 0.2) is 6.20 Å². The molecule has 2 N–H and O–H groups in total. The van der Waals surface area contributed by atoms with Crippen LogP contribution in [0.1, 0.15) is 28.9 Å². The average molecular weight is 281 g/mol. The number of rotatable bonds is 4. The number of hydrogen-bond acceptors (Lipinski definition) is 4. The van der Waals surface area contributed by atoms with Crippen molar-refractivity contribution in [3.8, 4) is 0 Å². The van der Waals surface area contributed by atoms with Crippen LogP contribution in [-0.2, 0) is 16.6 Å². The Bertz CT molecular complexity index is 506. The summed E-state index contributed by atoms with van der Waals surface area (Å²) in [5.41, 5.74) is 1.10. The molecule has 0 bridgehead atoms. The average Bonchev–Trinajstić information content (AvgIpc) is 2.77. The number of carbonyl (C=O) groups is 2. The van der Waals surface area contributed by atoms with Gasteiger partial charge in [-0.25, -0.2) is 4.79 Å². The molecular weight excluding hydrogens is 262 g/mol. The van der Waals surface area contributed by atoms with Gasteiger partial charge in [0, 0.05) is 25.3 Å². The number of carboxylic acid groups (broad SMARTS) is 1. The third-order valence-electron chi connectivity index (χ3n) is 3.70. The Balaban J connectivity index is 2.09. The molecule has 2 heterocycles. The predicted octanol–water partition coefficient (Wildman–Crippen LogP) is 0.338. The third-order valence-corrected chi connectivity index (χ3v) is 3.70. The summed E-state index contributed by atoms with van der Waals surface area (Å²) < 4.78 is 6.88. The topological polar surface area (TPSA) is 93.5 Å². The Hall–Kier alpha value is -1.89. The largest absolute Gasteiger partial charge is 0.480 e. The molecule has 1 aliphatic heterocycles. The summed E-state index contributed by atoms with van der Waals surface area (Å²) in [5, 5.41) is 15.9. The molecule has 7 heteroatoms. The lowest BCUT2D eigenvalue weighted by Gasteiger charge is -2.28. The van der Waals surface area contributed by atoms with Crippen LogP contribution in [0.2, 0.25) is 0 Å². The fraction of sp³-hybridized carbons (Fsp3) is 0.615. The van der Waals surface area contributed by atoms with Crippen molar-refractivity contribution in [2.24, 2.45) is 13.0 Å². The van der Waals surface area contributed by atoms with Gasteiger partial charge in [0.05, 0.1) is 18.4 Å². The number of aryl methyl sites for hydroxylation is 1. The molecule has 1 aromatic rings. The highest BCUT2D eigenvalue weighted by atomic mass is 16.5. The van der Waals surface area contributed by atoms with Crippen LogP contribution in [-0.4, -0.2) is 46.0 Å². The number of nitrogens with zero attached hydrogens (tertiary/aromatic N) is 2. The standard InChI is InChI=1S/C13H19N3O4/c1-8-10(6-14-16(8)2)12(17)15-11(13(18)19)9-4-3-5-20-7-9/h6,9,11H,3-5,7H2,1-2H3,(H,15,17)(H,18,19). The lowest BCUT2D eigenvalue weighted by atomic mass is 9.93. The Morgan fingerprint density at radius 3 is 2.85 bits per heavy atom. The van der Waals surface area contributed by atoms with Crippen LogP contribution in [0.5, 0.6) is 0 Å². The molecule has 1 saturated heterocycles. The molecule has 0 saturated carbocycles. The second kappa shape index (κ2) is 6.04. The van der Waals surface area contributed by atoms with E-state index in [4.69, 9.17) is 4.74 Å².